The maximum absolute atomic E-state index is 13.8. The summed E-state index contributed by atoms with van der Waals surface area (Å²) in [6.45, 7) is 7.46. The summed E-state index contributed by atoms with van der Waals surface area (Å²) in [6.07, 6.45) is 0.667. The van der Waals surface area contributed by atoms with Crippen LogP contribution in [0.15, 0.2) is 18.2 Å². The summed E-state index contributed by atoms with van der Waals surface area (Å²) in [6, 6.07) is 5.12. The van der Waals surface area contributed by atoms with Crippen LogP contribution in [0.2, 0.25) is 0 Å². The van der Waals surface area contributed by atoms with E-state index in [4.69, 9.17) is 11.6 Å². The lowest BCUT2D eigenvalue weighted by atomic mass is 9.98. The topological polar surface area (TPSA) is 17.8 Å². The number of nitrogens with zero attached hydrogens (tertiary/aromatic N) is 2. The van der Waals surface area contributed by atoms with Crippen molar-refractivity contribution >= 4 is 22.6 Å². The normalized spacial score (nSPS) is 13.4. The molecule has 0 saturated carbocycles. The van der Waals surface area contributed by atoms with Gasteiger partial charge in [-0.05, 0) is 24.0 Å². The Labute approximate surface area is 118 Å². The molecule has 0 bridgehead atoms. The maximum atomic E-state index is 13.8. The van der Waals surface area contributed by atoms with Crippen LogP contribution in [0.25, 0.3) is 11.0 Å². The Kier molecular flexibility index (Phi) is 4.46. The maximum Gasteiger partial charge on any atom is 0.151 e. The molecule has 0 amide bonds. The fraction of sp³-hybridized carbons (Fsp3) is 0.533. The lowest BCUT2D eigenvalue weighted by molar-refractivity contribution is 0.364. The van der Waals surface area contributed by atoms with Crippen LogP contribution in [-0.2, 0) is 13.0 Å². The minimum Gasteiger partial charge on any atom is -0.328 e. The average molecular weight is 283 g/mol. The number of halogens is 2. The van der Waals surface area contributed by atoms with Gasteiger partial charge in [0.25, 0.3) is 0 Å². The van der Waals surface area contributed by atoms with Crippen LogP contribution in [0.3, 0.4) is 0 Å². The predicted molar refractivity (Wildman–Crippen MR) is 78.1 cm³/mol. The van der Waals surface area contributed by atoms with E-state index in [0.717, 1.165) is 17.9 Å². The highest BCUT2D eigenvalue weighted by Crippen LogP contribution is 2.23. The first kappa shape index (κ1) is 14.3. The number of alkyl halides is 1. The van der Waals surface area contributed by atoms with E-state index in [9.17, 15) is 4.39 Å². The number of benzene rings is 1. The Hall–Kier alpha value is -1.09. The summed E-state index contributed by atoms with van der Waals surface area (Å²) in [5.74, 6) is 2.21. The van der Waals surface area contributed by atoms with Crippen molar-refractivity contribution in [2.45, 2.75) is 33.7 Å². The van der Waals surface area contributed by atoms with E-state index >= 15 is 0 Å². The van der Waals surface area contributed by atoms with E-state index in [-0.39, 0.29) is 5.82 Å². The molecule has 4 heteroatoms. The minimum atomic E-state index is -0.260. The Morgan fingerprint density at radius 1 is 1.32 bits per heavy atom. The van der Waals surface area contributed by atoms with Crippen LogP contribution >= 0.6 is 11.6 Å². The molecule has 0 radical (unpaired) electrons. The van der Waals surface area contributed by atoms with Crippen molar-refractivity contribution in [3.05, 3.63) is 29.8 Å². The van der Waals surface area contributed by atoms with Crippen LogP contribution in [0.5, 0.6) is 0 Å². The summed E-state index contributed by atoms with van der Waals surface area (Å²) >= 11 is 5.83. The molecule has 1 unspecified atom stereocenters. The third-order valence-electron chi connectivity index (χ3n) is 3.74. The number of hydrogen-bond donors (Lipinski definition) is 0. The highest BCUT2D eigenvalue weighted by Gasteiger charge is 2.16. The van der Waals surface area contributed by atoms with E-state index in [1.165, 1.54) is 6.07 Å². The third-order valence-corrected chi connectivity index (χ3v) is 3.92. The summed E-state index contributed by atoms with van der Waals surface area (Å²) in [5, 5.41) is 0. The van der Waals surface area contributed by atoms with Gasteiger partial charge in [0.1, 0.15) is 11.3 Å². The van der Waals surface area contributed by atoms with Gasteiger partial charge in [0, 0.05) is 18.8 Å². The Morgan fingerprint density at radius 2 is 2.05 bits per heavy atom. The minimum absolute atomic E-state index is 0.260. The smallest absolute Gasteiger partial charge is 0.151 e. The number of fused-ring (bicyclic) bond motifs is 1. The molecule has 1 heterocycles. The second-order valence-electron chi connectivity index (χ2n) is 5.41. The molecule has 0 N–H and O–H groups in total. The second-order valence-corrected chi connectivity index (χ2v) is 5.78. The van der Waals surface area contributed by atoms with Gasteiger partial charge < -0.3 is 4.57 Å². The Bertz CT molecular complexity index is 563. The molecule has 1 aromatic carbocycles. The monoisotopic (exact) mass is 282 g/mol. The summed E-state index contributed by atoms with van der Waals surface area (Å²) in [7, 11) is 0. The molecular formula is C15H20ClFN2. The van der Waals surface area contributed by atoms with Gasteiger partial charge in [-0.25, -0.2) is 9.37 Å². The molecule has 0 fully saturated rings. The van der Waals surface area contributed by atoms with E-state index in [0.29, 0.717) is 29.7 Å². The SMILES string of the molecule is CC(C)C(C)Cn1c(CCCl)nc2c(F)cccc21. The standard InChI is InChI=1S/C15H20ClFN2/c1-10(2)11(3)9-19-13-6-4-5-12(17)15(13)18-14(19)7-8-16/h4-6,10-11H,7-9H2,1-3H3. The number of aromatic nitrogens is 2. The van der Waals surface area contributed by atoms with E-state index in [1.54, 1.807) is 6.07 Å². The number of hydrogen-bond acceptors (Lipinski definition) is 1. The predicted octanol–water partition coefficient (Wildman–Crippen LogP) is 4.25. The Balaban J connectivity index is 2.49. The zero-order chi connectivity index (χ0) is 14.0. The van der Waals surface area contributed by atoms with Gasteiger partial charge >= 0.3 is 0 Å². The van der Waals surface area contributed by atoms with Gasteiger partial charge in [0.05, 0.1) is 5.52 Å². The number of imidazole rings is 1. The number of aryl methyl sites for hydroxylation is 1. The van der Waals surface area contributed by atoms with Gasteiger partial charge in [-0.2, -0.15) is 0 Å². The molecule has 0 aliphatic rings. The van der Waals surface area contributed by atoms with Crippen molar-refractivity contribution in [1.82, 2.24) is 9.55 Å². The summed E-state index contributed by atoms with van der Waals surface area (Å²) in [4.78, 5) is 4.42. The molecule has 0 aliphatic carbocycles. The fourth-order valence-corrected chi connectivity index (χ4v) is 2.31. The lowest BCUT2D eigenvalue weighted by Crippen LogP contribution is -2.15. The highest BCUT2D eigenvalue weighted by atomic mass is 35.5. The van der Waals surface area contributed by atoms with Crippen LogP contribution in [-0.4, -0.2) is 15.4 Å². The van der Waals surface area contributed by atoms with Gasteiger partial charge in [-0.1, -0.05) is 26.8 Å². The number of rotatable bonds is 5. The van der Waals surface area contributed by atoms with Crippen LogP contribution in [0, 0.1) is 17.7 Å². The van der Waals surface area contributed by atoms with Crippen LogP contribution in [0.4, 0.5) is 4.39 Å². The number of para-hydroxylation sites is 1. The third kappa shape index (κ3) is 2.92. The van der Waals surface area contributed by atoms with E-state index in [1.807, 2.05) is 6.07 Å². The molecule has 1 atom stereocenters. The zero-order valence-electron chi connectivity index (χ0n) is 11.7. The molecule has 1 aromatic heterocycles. The molecule has 0 aliphatic heterocycles. The molecular weight excluding hydrogens is 263 g/mol. The van der Waals surface area contributed by atoms with Crippen molar-refractivity contribution in [1.29, 1.82) is 0 Å². The zero-order valence-corrected chi connectivity index (χ0v) is 12.4. The lowest BCUT2D eigenvalue weighted by Gasteiger charge is -2.18. The first-order valence-electron chi connectivity index (χ1n) is 6.74. The van der Waals surface area contributed by atoms with Crippen molar-refractivity contribution < 1.29 is 4.39 Å². The van der Waals surface area contributed by atoms with Crippen LogP contribution in [0.1, 0.15) is 26.6 Å². The van der Waals surface area contributed by atoms with Crippen molar-refractivity contribution in [3.8, 4) is 0 Å². The fourth-order valence-electron chi connectivity index (χ4n) is 2.14. The largest absolute Gasteiger partial charge is 0.328 e. The molecule has 104 valence electrons. The van der Waals surface area contributed by atoms with Crippen molar-refractivity contribution in [2.24, 2.45) is 11.8 Å². The first-order valence-corrected chi connectivity index (χ1v) is 7.27. The Morgan fingerprint density at radius 3 is 2.68 bits per heavy atom. The van der Waals surface area contributed by atoms with Gasteiger partial charge in [-0.3, -0.25) is 0 Å². The van der Waals surface area contributed by atoms with Crippen LogP contribution < -0.4 is 0 Å². The highest BCUT2D eigenvalue weighted by molar-refractivity contribution is 6.17. The van der Waals surface area contributed by atoms with Crippen molar-refractivity contribution in [3.63, 3.8) is 0 Å². The quantitative estimate of drug-likeness (QED) is 0.750. The first-order chi connectivity index (χ1) is 9.04. The summed E-state index contributed by atoms with van der Waals surface area (Å²) in [5.41, 5.74) is 1.33. The van der Waals surface area contributed by atoms with Gasteiger partial charge in [0.15, 0.2) is 5.82 Å². The van der Waals surface area contributed by atoms with Crippen molar-refractivity contribution in [2.75, 3.05) is 5.88 Å². The molecule has 2 rings (SSSR count). The molecule has 2 aromatic rings. The molecule has 0 saturated heterocycles. The molecule has 19 heavy (non-hydrogen) atoms. The average Bonchev–Trinajstić information content (AvgIpc) is 2.70. The van der Waals surface area contributed by atoms with Gasteiger partial charge in [-0.15, -0.1) is 11.6 Å². The molecule has 2 nitrogen and oxygen atoms in total. The molecule has 0 spiro atoms. The van der Waals surface area contributed by atoms with E-state index < -0.39 is 0 Å². The van der Waals surface area contributed by atoms with E-state index in [2.05, 4.69) is 30.3 Å². The van der Waals surface area contributed by atoms with Gasteiger partial charge in [0.2, 0.25) is 0 Å². The summed E-state index contributed by atoms with van der Waals surface area (Å²) < 4.78 is 15.9. The second kappa shape index (κ2) is 5.91.